The first-order valence-electron chi connectivity index (χ1n) is 26.3. The van der Waals surface area contributed by atoms with Crippen LogP contribution in [-0.4, -0.2) is 37.2 Å². The maximum absolute atomic E-state index is 12.7. The second kappa shape index (κ2) is 49.5. The van der Waals surface area contributed by atoms with Gasteiger partial charge in [-0.25, -0.2) is 0 Å². The van der Waals surface area contributed by atoms with Gasteiger partial charge in [0.2, 0.25) is 0 Å². The van der Waals surface area contributed by atoms with Crippen LogP contribution in [0.25, 0.3) is 0 Å². The van der Waals surface area contributed by atoms with Crippen molar-refractivity contribution in [3.8, 4) is 0 Å². The molecule has 0 aliphatic heterocycles. The zero-order valence-corrected chi connectivity index (χ0v) is 40.2. The fraction of sp³-hybridized carbons (Fsp3) is 0.870. The Balaban J connectivity index is 4.05. The maximum atomic E-state index is 12.7. The third-order valence-electron chi connectivity index (χ3n) is 11.7. The van der Waals surface area contributed by atoms with E-state index in [1.165, 1.54) is 180 Å². The SMILES string of the molecule is CCCCCCC/C=C\C/C=C\CCCCCCCCCCCCCCCC(=O)OCC(COC(=O)CCCCCCCCC)OC(=O)CCCCCCCCCCCC. The Labute approximate surface area is 373 Å². The molecule has 0 bridgehead atoms. The van der Waals surface area contributed by atoms with Gasteiger partial charge in [0.05, 0.1) is 0 Å². The molecule has 6 nitrogen and oxygen atoms in total. The summed E-state index contributed by atoms with van der Waals surface area (Å²) in [7, 11) is 0. The Morgan fingerprint density at radius 3 is 0.917 bits per heavy atom. The predicted molar refractivity (Wildman–Crippen MR) is 256 cm³/mol. The highest BCUT2D eigenvalue weighted by Crippen LogP contribution is 2.16. The number of allylic oxidation sites excluding steroid dienone is 4. The zero-order chi connectivity index (χ0) is 43.7. The molecule has 60 heavy (non-hydrogen) atoms. The van der Waals surface area contributed by atoms with Crippen molar-refractivity contribution in [3.05, 3.63) is 24.3 Å². The lowest BCUT2D eigenvalue weighted by atomic mass is 10.0. The molecule has 0 rings (SSSR count). The van der Waals surface area contributed by atoms with E-state index in [4.69, 9.17) is 14.2 Å². The van der Waals surface area contributed by atoms with Crippen LogP contribution >= 0.6 is 0 Å². The van der Waals surface area contributed by atoms with E-state index in [0.717, 1.165) is 64.2 Å². The molecule has 0 aromatic carbocycles. The van der Waals surface area contributed by atoms with Crippen molar-refractivity contribution in [1.29, 1.82) is 0 Å². The topological polar surface area (TPSA) is 78.9 Å². The molecule has 0 aromatic heterocycles. The van der Waals surface area contributed by atoms with Crippen LogP contribution in [-0.2, 0) is 28.6 Å². The largest absolute Gasteiger partial charge is 0.462 e. The molecule has 0 amide bonds. The summed E-state index contributed by atoms with van der Waals surface area (Å²) < 4.78 is 16.7. The summed E-state index contributed by atoms with van der Waals surface area (Å²) in [6.45, 7) is 6.59. The van der Waals surface area contributed by atoms with Gasteiger partial charge in [-0.3, -0.25) is 14.4 Å². The van der Waals surface area contributed by atoms with Crippen molar-refractivity contribution in [2.24, 2.45) is 0 Å². The molecule has 6 heteroatoms. The predicted octanol–water partition coefficient (Wildman–Crippen LogP) is 17.2. The number of hydrogen-bond acceptors (Lipinski definition) is 6. The first kappa shape index (κ1) is 57.9. The highest BCUT2D eigenvalue weighted by Gasteiger charge is 2.19. The molecule has 0 heterocycles. The molecule has 1 unspecified atom stereocenters. The number of rotatable bonds is 48. The van der Waals surface area contributed by atoms with Crippen LogP contribution in [0.4, 0.5) is 0 Å². The molecule has 0 aliphatic carbocycles. The number of esters is 3. The highest BCUT2D eigenvalue weighted by atomic mass is 16.6. The third kappa shape index (κ3) is 46.9. The molecule has 0 aromatic rings. The summed E-state index contributed by atoms with van der Waals surface area (Å²) in [6.07, 6.45) is 56.2. The number of ether oxygens (including phenoxy) is 3. The van der Waals surface area contributed by atoms with Crippen LogP contribution in [0.3, 0.4) is 0 Å². The number of hydrogen-bond donors (Lipinski definition) is 0. The smallest absolute Gasteiger partial charge is 0.306 e. The Morgan fingerprint density at radius 2 is 0.600 bits per heavy atom. The van der Waals surface area contributed by atoms with Crippen molar-refractivity contribution in [3.63, 3.8) is 0 Å². The van der Waals surface area contributed by atoms with Gasteiger partial charge in [-0.1, -0.05) is 238 Å². The van der Waals surface area contributed by atoms with Crippen molar-refractivity contribution < 1.29 is 28.6 Å². The van der Waals surface area contributed by atoms with Gasteiger partial charge in [0, 0.05) is 19.3 Å². The first-order valence-corrected chi connectivity index (χ1v) is 26.3. The van der Waals surface area contributed by atoms with E-state index >= 15 is 0 Å². The minimum atomic E-state index is -0.762. The van der Waals surface area contributed by atoms with Gasteiger partial charge >= 0.3 is 17.9 Å². The van der Waals surface area contributed by atoms with Crippen LogP contribution in [0, 0.1) is 0 Å². The van der Waals surface area contributed by atoms with Crippen LogP contribution in [0.5, 0.6) is 0 Å². The summed E-state index contributed by atoms with van der Waals surface area (Å²) >= 11 is 0. The van der Waals surface area contributed by atoms with E-state index in [9.17, 15) is 14.4 Å². The lowest BCUT2D eigenvalue weighted by Crippen LogP contribution is -2.30. The molecule has 0 N–H and O–H groups in total. The molecular formula is C54H100O6. The van der Waals surface area contributed by atoms with Crippen molar-refractivity contribution in [2.45, 2.75) is 290 Å². The van der Waals surface area contributed by atoms with E-state index in [1.54, 1.807) is 0 Å². The molecule has 0 fully saturated rings. The quantitative estimate of drug-likeness (QED) is 0.0263. The zero-order valence-electron chi connectivity index (χ0n) is 40.2. The molecule has 0 saturated carbocycles. The average Bonchev–Trinajstić information content (AvgIpc) is 3.24. The number of carbonyl (C=O) groups excluding carboxylic acids is 3. The molecular weight excluding hydrogens is 745 g/mol. The van der Waals surface area contributed by atoms with Gasteiger partial charge in [0.25, 0.3) is 0 Å². The van der Waals surface area contributed by atoms with Crippen molar-refractivity contribution >= 4 is 17.9 Å². The van der Waals surface area contributed by atoms with Crippen LogP contribution in [0.2, 0.25) is 0 Å². The summed E-state index contributed by atoms with van der Waals surface area (Å²) in [5.41, 5.74) is 0. The van der Waals surface area contributed by atoms with Crippen molar-refractivity contribution in [1.82, 2.24) is 0 Å². The van der Waals surface area contributed by atoms with E-state index in [0.29, 0.717) is 19.3 Å². The van der Waals surface area contributed by atoms with Crippen LogP contribution < -0.4 is 0 Å². The van der Waals surface area contributed by atoms with Gasteiger partial charge in [0.15, 0.2) is 6.10 Å². The summed E-state index contributed by atoms with van der Waals surface area (Å²) in [6, 6.07) is 0. The second-order valence-corrected chi connectivity index (χ2v) is 17.8. The minimum absolute atomic E-state index is 0.0674. The Morgan fingerprint density at radius 1 is 0.333 bits per heavy atom. The van der Waals surface area contributed by atoms with E-state index in [-0.39, 0.29) is 31.1 Å². The van der Waals surface area contributed by atoms with E-state index < -0.39 is 6.10 Å². The summed E-state index contributed by atoms with van der Waals surface area (Å²) in [4.78, 5) is 37.7. The lowest BCUT2D eigenvalue weighted by molar-refractivity contribution is -0.167. The van der Waals surface area contributed by atoms with E-state index in [1.807, 2.05) is 0 Å². The van der Waals surface area contributed by atoms with Gasteiger partial charge in [-0.05, 0) is 51.4 Å². The number of carbonyl (C=O) groups is 3. The van der Waals surface area contributed by atoms with Gasteiger partial charge in [-0.15, -0.1) is 0 Å². The molecule has 0 aliphatic rings. The highest BCUT2D eigenvalue weighted by molar-refractivity contribution is 5.71. The fourth-order valence-corrected chi connectivity index (χ4v) is 7.71. The lowest BCUT2D eigenvalue weighted by Gasteiger charge is -2.18. The number of unbranched alkanes of at least 4 members (excludes halogenated alkanes) is 33. The first-order chi connectivity index (χ1) is 29.5. The third-order valence-corrected chi connectivity index (χ3v) is 11.7. The van der Waals surface area contributed by atoms with Gasteiger partial charge < -0.3 is 14.2 Å². The molecule has 0 spiro atoms. The van der Waals surface area contributed by atoms with Crippen LogP contribution in [0.15, 0.2) is 24.3 Å². The van der Waals surface area contributed by atoms with Crippen LogP contribution in [0.1, 0.15) is 284 Å². The standard InChI is InChI=1S/C54H100O6/c1-4-7-10-13-16-18-20-21-22-23-24-25-26-27-28-29-30-31-32-33-34-36-38-41-44-47-53(56)59-50-51(49-58-52(55)46-43-40-37-15-12-9-6-3)60-54(57)48-45-42-39-35-19-17-14-11-8-5-2/h20-21,23-24,51H,4-19,22,25-50H2,1-3H3/b21-20-,24-23-. The maximum Gasteiger partial charge on any atom is 0.306 e. The normalized spacial score (nSPS) is 12.1. The Hall–Kier alpha value is -2.11. The van der Waals surface area contributed by atoms with Gasteiger partial charge in [0.1, 0.15) is 13.2 Å². The Bertz CT molecular complexity index is 973. The average molecular weight is 845 g/mol. The monoisotopic (exact) mass is 845 g/mol. The molecule has 352 valence electrons. The molecule has 0 saturated heterocycles. The Kier molecular flexibility index (Phi) is 47.8. The minimum Gasteiger partial charge on any atom is -0.462 e. The fourth-order valence-electron chi connectivity index (χ4n) is 7.71. The molecule has 0 radical (unpaired) electrons. The summed E-state index contributed by atoms with van der Waals surface area (Å²) in [5, 5.41) is 0. The van der Waals surface area contributed by atoms with Crippen molar-refractivity contribution in [2.75, 3.05) is 13.2 Å². The van der Waals surface area contributed by atoms with E-state index in [2.05, 4.69) is 45.1 Å². The second-order valence-electron chi connectivity index (χ2n) is 17.8. The van der Waals surface area contributed by atoms with Gasteiger partial charge in [-0.2, -0.15) is 0 Å². The summed E-state index contributed by atoms with van der Waals surface area (Å²) in [5.74, 6) is -0.865. The molecule has 1 atom stereocenters.